The standard InChI is InChI=1S/C17H26O/c1-4-14-6-8-15(9-7-14)17(18)16-10-5-12(2)11-13(16)3/h5,10-11,14-15,17-18H,4,6-9H2,1-3H3. The average molecular weight is 246 g/mol. The van der Waals surface area contributed by atoms with Crippen molar-refractivity contribution in [2.24, 2.45) is 11.8 Å². The Balaban J connectivity index is 2.05. The van der Waals surface area contributed by atoms with E-state index in [1.54, 1.807) is 0 Å². The first kappa shape index (κ1) is 13.6. The van der Waals surface area contributed by atoms with Crippen molar-refractivity contribution in [2.75, 3.05) is 0 Å². The minimum absolute atomic E-state index is 0.261. The molecule has 100 valence electrons. The fourth-order valence-corrected chi connectivity index (χ4v) is 3.32. The number of aliphatic hydroxyl groups is 1. The lowest BCUT2D eigenvalue weighted by Crippen LogP contribution is -2.20. The van der Waals surface area contributed by atoms with Crippen LogP contribution in [0.4, 0.5) is 0 Å². The molecule has 1 nitrogen and oxygen atoms in total. The molecule has 1 saturated carbocycles. The Labute approximate surface area is 111 Å². The van der Waals surface area contributed by atoms with Gasteiger partial charge >= 0.3 is 0 Å². The molecule has 1 aromatic carbocycles. The van der Waals surface area contributed by atoms with Gasteiger partial charge in [0.25, 0.3) is 0 Å². The van der Waals surface area contributed by atoms with E-state index in [2.05, 4.69) is 39.0 Å². The van der Waals surface area contributed by atoms with Gasteiger partial charge in [0.2, 0.25) is 0 Å². The zero-order valence-corrected chi connectivity index (χ0v) is 11.9. The van der Waals surface area contributed by atoms with Crippen LogP contribution in [-0.2, 0) is 0 Å². The summed E-state index contributed by atoms with van der Waals surface area (Å²) in [5, 5.41) is 10.6. The molecule has 1 atom stereocenters. The molecule has 0 heterocycles. The molecule has 1 heteroatoms. The lowest BCUT2D eigenvalue weighted by Gasteiger charge is -2.31. The van der Waals surface area contributed by atoms with Crippen molar-refractivity contribution in [1.29, 1.82) is 0 Å². The quantitative estimate of drug-likeness (QED) is 0.829. The van der Waals surface area contributed by atoms with E-state index in [0.717, 1.165) is 11.5 Å². The SMILES string of the molecule is CCC1CCC(C(O)c2ccc(C)cc2C)CC1. The van der Waals surface area contributed by atoms with E-state index >= 15 is 0 Å². The highest BCUT2D eigenvalue weighted by molar-refractivity contribution is 5.32. The van der Waals surface area contributed by atoms with E-state index in [4.69, 9.17) is 0 Å². The smallest absolute Gasteiger partial charge is 0.0820 e. The summed E-state index contributed by atoms with van der Waals surface area (Å²) in [5.74, 6) is 1.36. The lowest BCUT2D eigenvalue weighted by molar-refractivity contribution is 0.0724. The second-order valence-corrected chi connectivity index (χ2v) is 5.99. The molecule has 0 saturated heterocycles. The van der Waals surface area contributed by atoms with Crippen molar-refractivity contribution in [2.45, 2.75) is 59.0 Å². The first-order valence-corrected chi connectivity index (χ1v) is 7.37. The molecule has 1 N–H and O–H groups in total. The number of hydrogen-bond acceptors (Lipinski definition) is 1. The maximum atomic E-state index is 10.6. The molecule has 1 unspecified atom stereocenters. The number of benzene rings is 1. The van der Waals surface area contributed by atoms with Gasteiger partial charge in [-0.3, -0.25) is 0 Å². The molecule has 0 radical (unpaired) electrons. The minimum Gasteiger partial charge on any atom is -0.388 e. The van der Waals surface area contributed by atoms with Gasteiger partial charge in [0.05, 0.1) is 6.10 Å². The zero-order valence-electron chi connectivity index (χ0n) is 11.9. The topological polar surface area (TPSA) is 20.2 Å². The van der Waals surface area contributed by atoms with E-state index in [9.17, 15) is 5.11 Å². The Morgan fingerprint density at radius 1 is 1.17 bits per heavy atom. The third-order valence-corrected chi connectivity index (χ3v) is 4.66. The Morgan fingerprint density at radius 2 is 1.83 bits per heavy atom. The molecular formula is C17H26O. The van der Waals surface area contributed by atoms with Crippen molar-refractivity contribution in [3.8, 4) is 0 Å². The molecule has 0 aliphatic heterocycles. The normalized spacial score (nSPS) is 26.0. The molecule has 1 aliphatic carbocycles. The summed E-state index contributed by atoms with van der Waals surface area (Å²) in [6, 6.07) is 6.40. The van der Waals surface area contributed by atoms with Crippen LogP contribution in [0.15, 0.2) is 18.2 Å². The van der Waals surface area contributed by atoms with E-state index in [0.29, 0.717) is 5.92 Å². The number of rotatable bonds is 3. The highest BCUT2D eigenvalue weighted by Gasteiger charge is 2.27. The molecule has 1 aromatic rings. The van der Waals surface area contributed by atoms with Crippen LogP contribution in [0.3, 0.4) is 0 Å². The van der Waals surface area contributed by atoms with Crippen LogP contribution in [0.1, 0.15) is 61.8 Å². The molecule has 0 bridgehead atoms. The lowest BCUT2D eigenvalue weighted by atomic mass is 9.76. The maximum Gasteiger partial charge on any atom is 0.0820 e. The summed E-state index contributed by atoms with van der Waals surface area (Å²) in [6.07, 6.45) is 6.00. The highest BCUT2D eigenvalue weighted by Crippen LogP contribution is 2.38. The van der Waals surface area contributed by atoms with Crippen LogP contribution in [-0.4, -0.2) is 5.11 Å². The second-order valence-electron chi connectivity index (χ2n) is 5.99. The molecule has 0 amide bonds. The summed E-state index contributed by atoms with van der Waals surface area (Å²) in [7, 11) is 0. The van der Waals surface area contributed by atoms with Gasteiger partial charge in [0.15, 0.2) is 0 Å². The van der Waals surface area contributed by atoms with Crippen LogP contribution < -0.4 is 0 Å². The van der Waals surface area contributed by atoms with Gasteiger partial charge < -0.3 is 5.11 Å². The van der Waals surface area contributed by atoms with E-state index in [1.807, 2.05) is 0 Å². The fourth-order valence-electron chi connectivity index (χ4n) is 3.32. The van der Waals surface area contributed by atoms with Crippen molar-refractivity contribution in [1.82, 2.24) is 0 Å². The molecule has 1 aliphatic rings. The number of hydrogen-bond donors (Lipinski definition) is 1. The number of aliphatic hydroxyl groups excluding tert-OH is 1. The van der Waals surface area contributed by atoms with Crippen LogP contribution in [0, 0.1) is 25.7 Å². The summed E-state index contributed by atoms with van der Waals surface area (Å²) in [6.45, 7) is 6.50. The van der Waals surface area contributed by atoms with E-state index in [-0.39, 0.29) is 6.10 Å². The summed E-state index contributed by atoms with van der Waals surface area (Å²) in [5.41, 5.74) is 3.65. The molecule has 1 fully saturated rings. The third-order valence-electron chi connectivity index (χ3n) is 4.66. The highest BCUT2D eigenvalue weighted by atomic mass is 16.3. The van der Waals surface area contributed by atoms with Crippen molar-refractivity contribution >= 4 is 0 Å². The van der Waals surface area contributed by atoms with Gasteiger partial charge in [-0.15, -0.1) is 0 Å². The number of aryl methyl sites for hydroxylation is 2. The summed E-state index contributed by atoms with van der Waals surface area (Å²) < 4.78 is 0. The molecule has 0 aromatic heterocycles. The average Bonchev–Trinajstić information content (AvgIpc) is 2.38. The van der Waals surface area contributed by atoms with Gasteiger partial charge in [-0.05, 0) is 49.7 Å². The summed E-state index contributed by atoms with van der Waals surface area (Å²) in [4.78, 5) is 0. The van der Waals surface area contributed by atoms with Crippen molar-refractivity contribution in [3.63, 3.8) is 0 Å². The molecular weight excluding hydrogens is 220 g/mol. The van der Waals surface area contributed by atoms with Gasteiger partial charge in [-0.1, -0.05) is 49.9 Å². The van der Waals surface area contributed by atoms with Gasteiger partial charge in [0, 0.05) is 0 Å². The van der Waals surface area contributed by atoms with Crippen molar-refractivity contribution in [3.05, 3.63) is 34.9 Å². The Morgan fingerprint density at radius 3 is 2.39 bits per heavy atom. The van der Waals surface area contributed by atoms with Crippen LogP contribution >= 0.6 is 0 Å². The zero-order chi connectivity index (χ0) is 13.1. The maximum absolute atomic E-state index is 10.6. The monoisotopic (exact) mass is 246 g/mol. The summed E-state index contributed by atoms with van der Waals surface area (Å²) >= 11 is 0. The predicted molar refractivity (Wildman–Crippen MR) is 76.6 cm³/mol. The Kier molecular flexibility index (Phi) is 4.45. The van der Waals surface area contributed by atoms with Crippen LogP contribution in [0.5, 0.6) is 0 Å². The van der Waals surface area contributed by atoms with E-state index in [1.165, 1.54) is 43.2 Å². The molecule has 2 rings (SSSR count). The van der Waals surface area contributed by atoms with Crippen molar-refractivity contribution < 1.29 is 5.11 Å². The van der Waals surface area contributed by atoms with E-state index < -0.39 is 0 Å². The fraction of sp³-hybridized carbons (Fsp3) is 0.647. The first-order valence-electron chi connectivity index (χ1n) is 7.37. The minimum atomic E-state index is -0.261. The van der Waals surface area contributed by atoms with Crippen LogP contribution in [0.2, 0.25) is 0 Å². The second kappa shape index (κ2) is 5.88. The first-order chi connectivity index (χ1) is 8.61. The molecule has 0 spiro atoms. The predicted octanol–water partition coefficient (Wildman–Crippen LogP) is 4.55. The third kappa shape index (κ3) is 2.95. The van der Waals surface area contributed by atoms with Gasteiger partial charge in [-0.25, -0.2) is 0 Å². The van der Waals surface area contributed by atoms with Gasteiger partial charge in [-0.2, -0.15) is 0 Å². The van der Waals surface area contributed by atoms with Gasteiger partial charge in [0.1, 0.15) is 0 Å². The van der Waals surface area contributed by atoms with Crippen LogP contribution in [0.25, 0.3) is 0 Å². The molecule has 18 heavy (non-hydrogen) atoms. The Hall–Kier alpha value is -0.820. The largest absolute Gasteiger partial charge is 0.388 e. The Bertz CT molecular complexity index is 389.